The second-order valence-corrected chi connectivity index (χ2v) is 4.15. The van der Waals surface area contributed by atoms with Gasteiger partial charge in [-0.3, -0.25) is 4.98 Å². The van der Waals surface area contributed by atoms with E-state index in [1.165, 1.54) is 22.4 Å². The van der Waals surface area contributed by atoms with E-state index in [9.17, 15) is 0 Å². The van der Waals surface area contributed by atoms with E-state index in [4.69, 9.17) is 0 Å². The Bertz CT molecular complexity index is 536. The first-order valence-corrected chi connectivity index (χ1v) is 5.57. The van der Waals surface area contributed by atoms with E-state index in [-0.39, 0.29) is 7.43 Å². The Morgan fingerprint density at radius 1 is 1.41 bits per heavy atom. The van der Waals surface area contributed by atoms with Crippen LogP contribution in [0.3, 0.4) is 0 Å². The number of hydrogen-bond donors (Lipinski definition) is 0. The summed E-state index contributed by atoms with van der Waals surface area (Å²) in [5.41, 5.74) is 6.27. The van der Waals surface area contributed by atoms with Gasteiger partial charge in [-0.15, -0.1) is 0 Å². The molecule has 1 aromatic heterocycles. The summed E-state index contributed by atoms with van der Waals surface area (Å²) in [6.45, 7) is 3.06. The normalized spacial score (nSPS) is 19.2. The molecule has 3 rings (SSSR count). The van der Waals surface area contributed by atoms with Crippen LogP contribution >= 0.6 is 0 Å². The fourth-order valence-electron chi connectivity index (χ4n) is 2.50. The molecule has 0 fully saturated rings. The Morgan fingerprint density at radius 3 is 3.00 bits per heavy atom. The Balaban J connectivity index is 0.00000108. The molecule has 0 N–H and O–H groups in total. The highest BCUT2D eigenvalue weighted by Crippen LogP contribution is 2.42. The smallest absolute Gasteiger partial charge is 0.0798 e. The van der Waals surface area contributed by atoms with Gasteiger partial charge < -0.3 is 4.90 Å². The van der Waals surface area contributed by atoms with Gasteiger partial charge >= 0.3 is 0 Å². The SMILES string of the molecule is C.C/C=C1\C2=C(C=CCN2C)c2cccnc21. The number of nitrogens with zero attached hydrogens (tertiary/aromatic N) is 2. The lowest BCUT2D eigenvalue weighted by Gasteiger charge is -2.24. The number of hydrogen-bond acceptors (Lipinski definition) is 2. The van der Waals surface area contributed by atoms with Crippen LogP contribution in [-0.4, -0.2) is 23.5 Å². The summed E-state index contributed by atoms with van der Waals surface area (Å²) in [5, 5.41) is 0. The van der Waals surface area contributed by atoms with E-state index >= 15 is 0 Å². The molecular formula is C15H18N2. The second-order valence-electron chi connectivity index (χ2n) is 4.15. The number of pyridine rings is 1. The Morgan fingerprint density at radius 2 is 2.24 bits per heavy atom. The summed E-state index contributed by atoms with van der Waals surface area (Å²) in [7, 11) is 2.13. The molecule has 1 aliphatic carbocycles. The molecule has 0 saturated carbocycles. The van der Waals surface area contributed by atoms with Gasteiger partial charge in [0.1, 0.15) is 0 Å². The lowest BCUT2D eigenvalue weighted by molar-refractivity contribution is 0.483. The van der Waals surface area contributed by atoms with Crippen LogP contribution in [0.5, 0.6) is 0 Å². The van der Waals surface area contributed by atoms with Crippen LogP contribution in [0.1, 0.15) is 25.6 Å². The molecule has 0 saturated heterocycles. The maximum Gasteiger partial charge on any atom is 0.0798 e. The summed E-state index contributed by atoms with van der Waals surface area (Å²) < 4.78 is 0. The molecule has 0 unspecified atom stereocenters. The third kappa shape index (κ3) is 1.52. The maximum atomic E-state index is 4.50. The Labute approximate surface area is 103 Å². The molecule has 0 spiro atoms. The molecule has 2 heteroatoms. The lowest BCUT2D eigenvalue weighted by Crippen LogP contribution is -2.20. The van der Waals surface area contributed by atoms with Crippen molar-refractivity contribution in [3.8, 4) is 0 Å². The van der Waals surface area contributed by atoms with Gasteiger partial charge in [-0.05, 0) is 13.0 Å². The van der Waals surface area contributed by atoms with E-state index in [0.717, 1.165) is 12.2 Å². The topological polar surface area (TPSA) is 16.1 Å². The molecule has 0 amide bonds. The van der Waals surface area contributed by atoms with Crippen LogP contribution in [0.2, 0.25) is 0 Å². The summed E-state index contributed by atoms with van der Waals surface area (Å²) >= 11 is 0. The molecule has 17 heavy (non-hydrogen) atoms. The molecule has 0 aromatic carbocycles. The number of fused-ring (bicyclic) bond motifs is 2. The predicted octanol–water partition coefficient (Wildman–Crippen LogP) is 3.35. The van der Waals surface area contributed by atoms with Crippen LogP contribution in [0.4, 0.5) is 0 Å². The van der Waals surface area contributed by atoms with Crippen LogP contribution in [0.25, 0.3) is 11.1 Å². The van der Waals surface area contributed by atoms with Crippen molar-refractivity contribution in [2.24, 2.45) is 0 Å². The average molecular weight is 226 g/mol. The van der Waals surface area contributed by atoms with Crippen molar-refractivity contribution in [1.82, 2.24) is 9.88 Å². The van der Waals surface area contributed by atoms with Crippen molar-refractivity contribution < 1.29 is 0 Å². The van der Waals surface area contributed by atoms with Crippen molar-refractivity contribution in [2.45, 2.75) is 14.4 Å². The summed E-state index contributed by atoms with van der Waals surface area (Å²) in [6, 6.07) is 4.15. The summed E-state index contributed by atoms with van der Waals surface area (Å²) in [4.78, 5) is 6.78. The monoisotopic (exact) mass is 226 g/mol. The van der Waals surface area contributed by atoms with Crippen LogP contribution in [0, 0.1) is 0 Å². The highest BCUT2D eigenvalue weighted by atomic mass is 15.1. The largest absolute Gasteiger partial charge is 0.370 e. The molecule has 1 aromatic rings. The van der Waals surface area contributed by atoms with Gasteiger partial charge in [0.2, 0.25) is 0 Å². The van der Waals surface area contributed by atoms with E-state index in [0.29, 0.717) is 0 Å². The van der Waals surface area contributed by atoms with Crippen molar-refractivity contribution in [3.05, 3.63) is 53.5 Å². The molecule has 2 aliphatic rings. The second kappa shape index (κ2) is 4.21. The van der Waals surface area contributed by atoms with E-state index in [2.05, 4.69) is 48.1 Å². The van der Waals surface area contributed by atoms with Crippen molar-refractivity contribution >= 4 is 11.1 Å². The van der Waals surface area contributed by atoms with Gasteiger partial charge in [0.25, 0.3) is 0 Å². The minimum atomic E-state index is 0. The van der Waals surface area contributed by atoms with Crippen molar-refractivity contribution in [1.29, 1.82) is 0 Å². The Hall–Kier alpha value is -1.83. The number of allylic oxidation sites excluding steroid dienone is 4. The van der Waals surface area contributed by atoms with Gasteiger partial charge in [0.05, 0.1) is 11.4 Å². The van der Waals surface area contributed by atoms with Crippen LogP contribution in [-0.2, 0) is 0 Å². The quantitative estimate of drug-likeness (QED) is 0.674. The minimum Gasteiger partial charge on any atom is -0.370 e. The summed E-state index contributed by atoms with van der Waals surface area (Å²) in [5.74, 6) is 0. The highest BCUT2D eigenvalue weighted by molar-refractivity contribution is 6.01. The Kier molecular flexibility index (Phi) is 2.88. The third-order valence-electron chi connectivity index (χ3n) is 3.20. The van der Waals surface area contributed by atoms with Gasteiger partial charge in [0, 0.05) is 36.5 Å². The molecule has 2 nitrogen and oxygen atoms in total. The van der Waals surface area contributed by atoms with Crippen LogP contribution in [0.15, 0.2) is 42.3 Å². The van der Waals surface area contributed by atoms with E-state index in [1.807, 2.05) is 12.3 Å². The van der Waals surface area contributed by atoms with Gasteiger partial charge in [-0.1, -0.05) is 31.7 Å². The molecule has 0 atom stereocenters. The van der Waals surface area contributed by atoms with Crippen molar-refractivity contribution in [2.75, 3.05) is 13.6 Å². The highest BCUT2D eigenvalue weighted by Gasteiger charge is 2.28. The number of aromatic nitrogens is 1. The van der Waals surface area contributed by atoms with Gasteiger partial charge in [-0.2, -0.15) is 0 Å². The third-order valence-corrected chi connectivity index (χ3v) is 3.20. The zero-order valence-electron chi connectivity index (χ0n) is 9.57. The molecule has 0 radical (unpaired) electrons. The van der Waals surface area contributed by atoms with E-state index < -0.39 is 0 Å². The molecular weight excluding hydrogens is 208 g/mol. The van der Waals surface area contributed by atoms with Gasteiger partial charge in [-0.25, -0.2) is 0 Å². The molecule has 88 valence electrons. The zero-order valence-corrected chi connectivity index (χ0v) is 9.57. The molecule has 0 bridgehead atoms. The van der Waals surface area contributed by atoms with Gasteiger partial charge in [0.15, 0.2) is 0 Å². The first-order valence-electron chi connectivity index (χ1n) is 5.57. The number of rotatable bonds is 0. The fourth-order valence-corrected chi connectivity index (χ4v) is 2.50. The summed E-state index contributed by atoms with van der Waals surface area (Å²) in [6.07, 6.45) is 8.44. The lowest BCUT2D eigenvalue weighted by atomic mass is 10.1. The average Bonchev–Trinajstić information content (AvgIpc) is 2.65. The standard InChI is InChI=1S/C14H14N2.CH4/c1-3-10-13-11(6-4-8-15-13)12-7-5-9-16(2)14(10)12;/h3-8H,9H2,1-2H3;1H4/b10-3-;. The maximum absolute atomic E-state index is 4.50. The fraction of sp³-hybridized carbons (Fsp3) is 0.267. The molecule has 1 aliphatic heterocycles. The first kappa shape index (κ1) is 11.6. The number of likely N-dealkylation sites (N-methyl/N-ethyl adjacent to an activating group) is 1. The molecule has 2 heterocycles. The first-order chi connectivity index (χ1) is 7.83. The van der Waals surface area contributed by atoms with Crippen molar-refractivity contribution in [3.63, 3.8) is 0 Å². The zero-order chi connectivity index (χ0) is 11.1. The minimum absolute atomic E-state index is 0. The van der Waals surface area contributed by atoms with Crippen LogP contribution < -0.4 is 0 Å². The van der Waals surface area contributed by atoms with E-state index in [1.54, 1.807) is 0 Å². The predicted molar refractivity (Wildman–Crippen MR) is 73.3 cm³/mol.